The molecule has 1 N–H and O–H groups in total. The normalized spacial score (nSPS) is 11.7. The minimum Gasteiger partial charge on any atom is -0.379 e. The number of fused-ring (bicyclic) bond motifs is 1. The summed E-state index contributed by atoms with van der Waals surface area (Å²) in [4.78, 5) is 11.4. The Balaban J connectivity index is 1.66. The van der Waals surface area contributed by atoms with Crippen LogP contribution in [0.1, 0.15) is 11.3 Å². The Bertz CT molecular complexity index is 1120. The maximum Gasteiger partial charge on any atom is 0.435 e. The SMILES string of the molecule is Fc1ccc(-c2cnc3nc(C(F)(F)F)cnn23)cc1NCc1cccnc1. The van der Waals surface area contributed by atoms with Crippen molar-refractivity contribution in [1.82, 2.24) is 24.6 Å². The fraction of sp³-hybridized carbons (Fsp3) is 0.111. The summed E-state index contributed by atoms with van der Waals surface area (Å²) in [6.45, 7) is 0.357. The van der Waals surface area contributed by atoms with E-state index in [2.05, 4.69) is 25.4 Å². The van der Waals surface area contributed by atoms with E-state index in [1.54, 1.807) is 18.5 Å². The number of nitrogens with zero attached hydrogens (tertiary/aromatic N) is 5. The molecule has 3 heterocycles. The van der Waals surface area contributed by atoms with E-state index in [9.17, 15) is 17.6 Å². The molecule has 0 radical (unpaired) electrons. The van der Waals surface area contributed by atoms with Crippen molar-refractivity contribution >= 4 is 11.5 Å². The summed E-state index contributed by atoms with van der Waals surface area (Å²) < 4.78 is 53.7. The van der Waals surface area contributed by atoms with Gasteiger partial charge in [-0.3, -0.25) is 4.98 Å². The van der Waals surface area contributed by atoms with Gasteiger partial charge in [0.05, 0.1) is 23.8 Å². The van der Waals surface area contributed by atoms with Gasteiger partial charge in [-0.2, -0.15) is 22.8 Å². The molecule has 0 atom stereocenters. The average molecular weight is 388 g/mol. The molecule has 0 saturated carbocycles. The van der Waals surface area contributed by atoms with Gasteiger partial charge in [-0.1, -0.05) is 6.07 Å². The van der Waals surface area contributed by atoms with Crippen molar-refractivity contribution < 1.29 is 17.6 Å². The molecule has 28 heavy (non-hydrogen) atoms. The highest BCUT2D eigenvalue weighted by Gasteiger charge is 2.33. The van der Waals surface area contributed by atoms with Crippen molar-refractivity contribution in [1.29, 1.82) is 0 Å². The maximum atomic E-state index is 14.2. The van der Waals surface area contributed by atoms with Crippen LogP contribution in [-0.4, -0.2) is 24.6 Å². The number of aromatic nitrogens is 5. The molecule has 0 bridgehead atoms. The number of anilines is 1. The zero-order valence-electron chi connectivity index (χ0n) is 14.2. The van der Waals surface area contributed by atoms with Crippen LogP contribution < -0.4 is 5.32 Å². The number of pyridine rings is 1. The molecule has 0 aliphatic heterocycles. The van der Waals surface area contributed by atoms with Gasteiger partial charge in [0.25, 0.3) is 5.78 Å². The fourth-order valence-electron chi connectivity index (χ4n) is 2.63. The third kappa shape index (κ3) is 3.48. The molecule has 6 nitrogen and oxygen atoms in total. The predicted octanol–water partition coefficient (Wildman–Crippen LogP) is 3.96. The molecule has 142 valence electrons. The molecule has 1 aromatic carbocycles. The molecule has 0 spiro atoms. The zero-order chi connectivity index (χ0) is 19.7. The molecule has 0 unspecified atom stereocenters. The van der Waals surface area contributed by atoms with E-state index in [1.807, 2.05) is 6.07 Å². The lowest BCUT2D eigenvalue weighted by molar-refractivity contribution is -0.141. The van der Waals surface area contributed by atoms with Crippen LogP contribution in [0.3, 0.4) is 0 Å². The number of benzene rings is 1. The van der Waals surface area contributed by atoms with E-state index in [4.69, 9.17) is 0 Å². The Labute approximate surface area is 155 Å². The number of rotatable bonds is 4. The van der Waals surface area contributed by atoms with Gasteiger partial charge < -0.3 is 5.32 Å². The average Bonchev–Trinajstić information content (AvgIpc) is 3.11. The summed E-state index contributed by atoms with van der Waals surface area (Å²) in [5.41, 5.74) is 0.885. The quantitative estimate of drug-likeness (QED) is 0.536. The van der Waals surface area contributed by atoms with Crippen LogP contribution in [-0.2, 0) is 12.7 Å². The number of nitrogens with one attached hydrogen (secondary N) is 1. The Morgan fingerprint density at radius 3 is 2.68 bits per heavy atom. The van der Waals surface area contributed by atoms with Crippen molar-refractivity contribution in [3.63, 3.8) is 0 Å². The molecule has 0 aliphatic rings. The topological polar surface area (TPSA) is 68.0 Å². The first-order chi connectivity index (χ1) is 13.4. The number of alkyl halides is 3. The highest BCUT2D eigenvalue weighted by molar-refractivity contribution is 5.67. The van der Waals surface area contributed by atoms with Crippen LogP contribution in [0.15, 0.2) is 55.1 Å². The maximum absolute atomic E-state index is 14.2. The van der Waals surface area contributed by atoms with Crippen LogP contribution in [0.25, 0.3) is 17.0 Å². The summed E-state index contributed by atoms with van der Waals surface area (Å²) in [6.07, 6.45) is 0.657. The number of halogens is 4. The van der Waals surface area contributed by atoms with Gasteiger partial charge in [-0.15, -0.1) is 0 Å². The zero-order valence-corrected chi connectivity index (χ0v) is 14.2. The van der Waals surface area contributed by atoms with Gasteiger partial charge in [0, 0.05) is 24.5 Å². The van der Waals surface area contributed by atoms with Gasteiger partial charge >= 0.3 is 6.18 Å². The summed E-state index contributed by atoms with van der Waals surface area (Å²) >= 11 is 0. The monoisotopic (exact) mass is 388 g/mol. The van der Waals surface area contributed by atoms with E-state index < -0.39 is 17.7 Å². The van der Waals surface area contributed by atoms with Crippen LogP contribution in [0.5, 0.6) is 0 Å². The first-order valence-corrected chi connectivity index (χ1v) is 8.12. The van der Waals surface area contributed by atoms with E-state index >= 15 is 0 Å². The Morgan fingerprint density at radius 2 is 1.93 bits per heavy atom. The second-order valence-electron chi connectivity index (χ2n) is 5.90. The Morgan fingerprint density at radius 1 is 1.07 bits per heavy atom. The van der Waals surface area contributed by atoms with Crippen LogP contribution in [0, 0.1) is 5.82 Å². The molecule has 0 saturated heterocycles. The minimum absolute atomic E-state index is 0.195. The molecule has 0 aliphatic carbocycles. The van der Waals surface area contributed by atoms with E-state index in [1.165, 1.54) is 28.9 Å². The number of imidazole rings is 1. The molecule has 4 rings (SSSR count). The molecule has 0 amide bonds. The van der Waals surface area contributed by atoms with Crippen molar-refractivity contribution in [2.24, 2.45) is 0 Å². The van der Waals surface area contributed by atoms with Crippen molar-refractivity contribution in [2.75, 3.05) is 5.32 Å². The van der Waals surface area contributed by atoms with Gasteiger partial charge in [0.1, 0.15) is 5.82 Å². The molecule has 0 fully saturated rings. The number of hydrogen-bond acceptors (Lipinski definition) is 5. The van der Waals surface area contributed by atoms with E-state index in [-0.39, 0.29) is 11.5 Å². The molecular formula is C18H12F4N6. The summed E-state index contributed by atoms with van der Waals surface area (Å²) in [6, 6.07) is 7.91. The van der Waals surface area contributed by atoms with Gasteiger partial charge in [-0.05, 0) is 29.8 Å². The lowest BCUT2D eigenvalue weighted by Gasteiger charge is -2.10. The van der Waals surface area contributed by atoms with Crippen molar-refractivity contribution in [2.45, 2.75) is 12.7 Å². The van der Waals surface area contributed by atoms with Gasteiger partial charge in [0.2, 0.25) is 0 Å². The molecule has 4 aromatic rings. The Hall–Kier alpha value is -3.56. The third-order valence-electron chi connectivity index (χ3n) is 3.99. The fourth-order valence-corrected chi connectivity index (χ4v) is 2.63. The standard InChI is InChI=1S/C18H12F4N6/c19-13-4-3-12(6-14(13)24-8-11-2-1-5-23-7-11)15-9-25-17-27-16(18(20,21)22)10-26-28(15)17/h1-7,9-10,24H,8H2. The minimum atomic E-state index is -4.61. The van der Waals surface area contributed by atoms with Crippen LogP contribution >= 0.6 is 0 Å². The van der Waals surface area contributed by atoms with Gasteiger partial charge in [0.15, 0.2) is 5.69 Å². The molecule has 3 aromatic heterocycles. The predicted molar refractivity (Wildman–Crippen MR) is 92.7 cm³/mol. The lowest BCUT2D eigenvalue weighted by Crippen LogP contribution is -2.11. The molecular weight excluding hydrogens is 376 g/mol. The summed E-state index contributed by atoms with van der Waals surface area (Å²) in [5.74, 6) is -0.661. The second kappa shape index (κ2) is 6.87. The Kier molecular flexibility index (Phi) is 4.38. The highest BCUT2D eigenvalue weighted by Crippen LogP contribution is 2.29. The van der Waals surface area contributed by atoms with E-state index in [0.717, 1.165) is 5.56 Å². The third-order valence-corrected chi connectivity index (χ3v) is 3.99. The second-order valence-corrected chi connectivity index (χ2v) is 5.90. The largest absolute Gasteiger partial charge is 0.435 e. The van der Waals surface area contributed by atoms with E-state index in [0.29, 0.717) is 24.0 Å². The van der Waals surface area contributed by atoms with Crippen LogP contribution in [0.4, 0.5) is 23.2 Å². The first kappa shape index (κ1) is 17.8. The first-order valence-electron chi connectivity index (χ1n) is 8.12. The summed E-state index contributed by atoms with van der Waals surface area (Å²) in [5, 5.41) is 6.76. The lowest BCUT2D eigenvalue weighted by atomic mass is 10.1. The molecule has 10 heteroatoms. The number of hydrogen-bond donors (Lipinski definition) is 1. The highest BCUT2D eigenvalue weighted by atomic mass is 19.4. The van der Waals surface area contributed by atoms with Crippen LogP contribution in [0.2, 0.25) is 0 Å². The smallest absolute Gasteiger partial charge is 0.379 e. The van der Waals surface area contributed by atoms with Crippen molar-refractivity contribution in [3.05, 3.63) is 72.2 Å². The van der Waals surface area contributed by atoms with Gasteiger partial charge in [-0.25, -0.2) is 14.4 Å². The summed E-state index contributed by atoms with van der Waals surface area (Å²) in [7, 11) is 0. The van der Waals surface area contributed by atoms with Crippen molar-refractivity contribution in [3.8, 4) is 11.3 Å².